The number of thiophene rings is 2. The van der Waals surface area contributed by atoms with Gasteiger partial charge in [0.25, 0.3) is 0 Å². The van der Waals surface area contributed by atoms with E-state index in [0.29, 0.717) is 30.2 Å². The van der Waals surface area contributed by atoms with E-state index < -0.39 is 17.7 Å². The van der Waals surface area contributed by atoms with E-state index >= 15 is 0 Å². The molecule has 3 aromatic heterocycles. The first-order valence-corrected chi connectivity index (χ1v) is 10.5. The maximum Gasteiger partial charge on any atom is 0.134 e. The van der Waals surface area contributed by atoms with Crippen LogP contribution in [-0.4, -0.2) is 10.1 Å². The number of halogens is 4. The van der Waals surface area contributed by atoms with Crippen molar-refractivity contribution in [2.24, 2.45) is 0 Å². The van der Waals surface area contributed by atoms with Crippen LogP contribution in [0.3, 0.4) is 0 Å². The zero-order valence-corrected chi connectivity index (χ0v) is 17.1. The van der Waals surface area contributed by atoms with Crippen molar-refractivity contribution in [2.75, 3.05) is 0 Å². The van der Waals surface area contributed by atoms with Gasteiger partial charge in [-0.05, 0) is 30.3 Å². The lowest BCUT2D eigenvalue weighted by molar-refractivity contribution is 0.221. The monoisotopic (exact) mass is 453 g/mol. The van der Waals surface area contributed by atoms with Gasteiger partial charge in [-0.25, -0.2) is 8.78 Å². The molecule has 0 radical (unpaired) electrons. The molecule has 28 heavy (non-hydrogen) atoms. The van der Waals surface area contributed by atoms with Crippen LogP contribution in [0.2, 0.25) is 8.67 Å². The molecule has 8 heteroatoms. The molecule has 1 atom stereocenters. The van der Waals surface area contributed by atoms with Gasteiger partial charge in [0.05, 0.1) is 9.21 Å². The number of nitrogens with zero attached hydrogens (tertiary/aromatic N) is 1. The molecule has 4 rings (SSSR count). The smallest absolute Gasteiger partial charge is 0.134 e. The van der Waals surface area contributed by atoms with Crippen molar-refractivity contribution in [2.45, 2.75) is 6.10 Å². The molecule has 1 N–H and O–H groups in total. The quantitative estimate of drug-likeness (QED) is 0.354. The van der Waals surface area contributed by atoms with Gasteiger partial charge in [0.1, 0.15) is 22.1 Å². The van der Waals surface area contributed by atoms with Crippen LogP contribution in [0.1, 0.15) is 17.2 Å². The Balaban J connectivity index is 1.99. The van der Waals surface area contributed by atoms with Crippen molar-refractivity contribution in [3.05, 3.63) is 86.3 Å². The van der Waals surface area contributed by atoms with Gasteiger partial charge in [-0.1, -0.05) is 29.3 Å². The third kappa shape index (κ3) is 3.58. The summed E-state index contributed by atoms with van der Waals surface area (Å²) in [7, 11) is 0. The second kappa shape index (κ2) is 7.89. The molecule has 0 aliphatic heterocycles. The van der Waals surface area contributed by atoms with E-state index in [0.717, 1.165) is 17.0 Å². The summed E-state index contributed by atoms with van der Waals surface area (Å²) in [5.74, 6) is -1.44. The van der Waals surface area contributed by atoms with Gasteiger partial charge in [0, 0.05) is 45.6 Å². The van der Waals surface area contributed by atoms with E-state index in [9.17, 15) is 13.9 Å². The van der Waals surface area contributed by atoms with E-state index in [1.807, 2.05) is 6.07 Å². The van der Waals surface area contributed by atoms with E-state index in [1.54, 1.807) is 24.4 Å². The highest BCUT2D eigenvalue weighted by atomic mass is 35.5. The molecule has 0 aliphatic carbocycles. The van der Waals surface area contributed by atoms with E-state index in [4.69, 9.17) is 23.2 Å². The highest BCUT2D eigenvalue weighted by Gasteiger charge is 2.28. The molecule has 2 nitrogen and oxygen atoms in total. The fourth-order valence-corrected chi connectivity index (χ4v) is 5.62. The highest BCUT2D eigenvalue weighted by molar-refractivity contribution is 7.26. The van der Waals surface area contributed by atoms with E-state index in [1.165, 1.54) is 34.9 Å². The Morgan fingerprint density at radius 2 is 1.86 bits per heavy atom. The Morgan fingerprint density at radius 3 is 2.50 bits per heavy atom. The molecule has 142 valence electrons. The molecule has 1 unspecified atom stereocenters. The largest absolute Gasteiger partial charge is 0.384 e. The second-order valence-corrected chi connectivity index (χ2v) is 9.25. The number of hydrogen-bond donors (Lipinski definition) is 1. The fourth-order valence-electron chi connectivity index (χ4n) is 2.94. The lowest BCUT2D eigenvalue weighted by Crippen LogP contribution is -2.02. The van der Waals surface area contributed by atoms with Crippen molar-refractivity contribution in [3.8, 4) is 20.9 Å². The van der Waals surface area contributed by atoms with Gasteiger partial charge < -0.3 is 5.11 Å². The van der Waals surface area contributed by atoms with Gasteiger partial charge in [0.15, 0.2) is 0 Å². The molecule has 3 heterocycles. The van der Waals surface area contributed by atoms with Gasteiger partial charge in [-0.15, -0.1) is 22.7 Å². The van der Waals surface area contributed by atoms with E-state index in [2.05, 4.69) is 4.98 Å². The van der Waals surface area contributed by atoms with Gasteiger partial charge in [-0.3, -0.25) is 4.98 Å². The van der Waals surface area contributed by atoms with Crippen LogP contribution >= 0.6 is 45.9 Å². The molecule has 0 saturated carbocycles. The van der Waals surface area contributed by atoms with E-state index in [-0.39, 0.29) is 5.56 Å². The Kier molecular flexibility index (Phi) is 5.49. The summed E-state index contributed by atoms with van der Waals surface area (Å²) < 4.78 is 28.9. The molecule has 0 amide bonds. The first-order valence-electron chi connectivity index (χ1n) is 8.07. The lowest BCUT2D eigenvalue weighted by Gasteiger charge is -2.15. The average molecular weight is 454 g/mol. The zero-order chi connectivity index (χ0) is 19.8. The van der Waals surface area contributed by atoms with Crippen LogP contribution in [0.5, 0.6) is 0 Å². The van der Waals surface area contributed by atoms with Crippen LogP contribution in [0, 0.1) is 11.6 Å². The zero-order valence-electron chi connectivity index (χ0n) is 14.0. The normalized spacial score (nSPS) is 12.3. The van der Waals surface area contributed by atoms with Gasteiger partial charge in [0.2, 0.25) is 0 Å². The number of pyridine rings is 1. The third-order valence-electron chi connectivity index (χ3n) is 4.17. The molecule has 1 aromatic carbocycles. The van der Waals surface area contributed by atoms with Crippen LogP contribution < -0.4 is 0 Å². The predicted molar refractivity (Wildman–Crippen MR) is 111 cm³/mol. The molecule has 4 aromatic rings. The van der Waals surface area contributed by atoms with Crippen molar-refractivity contribution >= 4 is 45.9 Å². The Hall–Kier alpha value is -1.83. The molecule has 0 aliphatic rings. The minimum atomic E-state index is -1.10. The maximum absolute atomic E-state index is 14.6. The summed E-state index contributed by atoms with van der Waals surface area (Å²) in [5.41, 5.74) is 1.42. The molecule has 0 saturated heterocycles. The minimum Gasteiger partial charge on any atom is -0.384 e. The van der Waals surface area contributed by atoms with Crippen molar-refractivity contribution < 1.29 is 13.9 Å². The Labute approximate surface area is 177 Å². The Bertz CT molecular complexity index is 1140. The van der Waals surface area contributed by atoms with Crippen molar-refractivity contribution in [1.82, 2.24) is 4.98 Å². The first-order chi connectivity index (χ1) is 13.5. The standard InChI is InChI=1S/C20H11Cl2F2NOS2/c21-15-6-5-14(27-15)19-17(18(26)10-2-1-7-25-9-10)16(20(22)28-19)12-4-3-11(23)8-13(12)24/h1-9,18,26H. The second-order valence-electron chi connectivity index (χ2n) is 5.91. The molecule has 0 bridgehead atoms. The molecular formula is C20H11Cl2F2NOS2. The number of hydrogen-bond acceptors (Lipinski definition) is 4. The summed E-state index contributed by atoms with van der Waals surface area (Å²) in [4.78, 5) is 5.52. The van der Waals surface area contributed by atoms with Crippen LogP contribution in [0.25, 0.3) is 20.9 Å². The first kappa shape index (κ1) is 19.5. The summed E-state index contributed by atoms with van der Waals surface area (Å²) >= 11 is 15.1. The number of aliphatic hydroxyl groups excluding tert-OH is 1. The maximum atomic E-state index is 14.6. The highest BCUT2D eigenvalue weighted by Crippen LogP contribution is 2.51. The third-order valence-corrected chi connectivity index (χ3v) is 7.00. The predicted octanol–water partition coefficient (Wildman–Crippen LogP) is 7.21. The lowest BCUT2D eigenvalue weighted by atomic mass is 9.94. The minimum absolute atomic E-state index is 0.120. The van der Waals surface area contributed by atoms with Gasteiger partial charge >= 0.3 is 0 Å². The van der Waals surface area contributed by atoms with Crippen molar-refractivity contribution in [3.63, 3.8) is 0 Å². The van der Waals surface area contributed by atoms with Crippen LogP contribution in [-0.2, 0) is 0 Å². The number of aromatic nitrogens is 1. The Morgan fingerprint density at radius 1 is 1.04 bits per heavy atom. The SMILES string of the molecule is OC(c1cccnc1)c1c(-c2ccc(Cl)s2)sc(Cl)c1-c1ccc(F)cc1F. The summed E-state index contributed by atoms with van der Waals surface area (Å²) in [5, 5.41) is 11.1. The summed E-state index contributed by atoms with van der Waals surface area (Å²) in [6.45, 7) is 0. The number of aliphatic hydroxyl groups is 1. The number of benzene rings is 1. The topological polar surface area (TPSA) is 33.1 Å². The van der Waals surface area contributed by atoms with Crippen LogP contribution in [0.15, 0.2) is 54.9 Å². The van der Waals surface area contributed by atoms with Crippen LogP contribution in [0.4, 0.5) is 8.78 Å². The molecule has 0 spiro atoms. The number of rotatable bonds is 4. The van der Waals surface area contributed by atoms with Crippen molar-refractivity contribution in [1.29, 1.82) is 0 Å². The van der Waals surface area contributed by atoms with Gasteiger partial charge in [-0.2, -0.15) is 0 Å². The molecule has 0 fully saturated rings. The molecular weight excluding hydrogens is 443 g/mol. The summed E-state index contributed by atoms with van der Waals surface area (Å²) in [6, 6.07) is 10.3. The fraction of sp³-hybridized carbons (Fsp3) is 0.0500. The average Bonchev–Trinajstić information content (AvgIpc) is 3.25. The summed E-state index contributed by atoms with van der Waals surface area (Å²) in [6.07, 6.45) is 2.02.